The number of carbonyl (C=O) groups is 1. The summed E-state index contributed by atoms with van der Waals surface area (Å²) < 4.78 is 10.9. The highest BCUT2D eigenvalue weighted by Gasteiger charge is 2.46. The number of nitrogens with zero attached hydrogens (tertiary/aromatic N) is 1. The molecule has 5 nitrogen and oxygen atoms in total. The number of β-amino-alcohol motifs (C(OH)–C–C–N with tert-alkyl or cyclic N) is 1. The Morgan fingerprint density at radius 2 is 1.95 bits per heavy atom. The summed E-state index contributed by atoms with van der Waals surface area (Å²) in [6.45, 7) is 9.83. The quantitative estimate of drug-likeness (QED) is 0.933. The van der Waals surface area contributed by atoms with Gasteiger partial charge in [0.1, 0.15) is 17.0 Å². The predicted molar refractivity (Wildman–Crippen MR) is 83.9 cm³/mol. The molecule has 1 saturated heterocycles. The van der Waals surface area contributed by atoms with Gasteiger partial charge in [-0.25, -0.2) is 4.79 Å². The van der Waals surface area contributed by atoms with Gasteiger partial charge in [-0.2, -0.15) is 0 Å². The molecular weight excluding hydrogens is 282 g/mol. The van der Waals surface area contributed by atoms with Crippen LogP contribution in [0.15, 0.2) is 24.3 Å². The van der Waals surface area contributed by atoms with Crippen LogP contribution in [0.5, 0.6) is 5.75 Å². The fraction of sp³-hybridized carbons (Fsp3) is 0.588. The monoisotopic (exact) mass is 307 g/mol. The summed E-state index contributed by atoms with van der Waals surface area (Å²) in [6, 6.07) is 7.38. The fourth-order valence-corrected chi connectivity index (χ4v) is 2.35. The molecule has 122 valence electrons. The normalized spacial score (nSPS) is 17.1. The van der Waals surface area contributed by atoms with Crippen molar-refractivity contribution in [3.63, 3.8) is 0 Å². The number of hydrogen-bond acceptors (Lipinski definition) is 4. The van der Waals surface area contributed by atoms with Crippen LogP contribution in [0.1, 0.15) is 40.2 Å². The zero-order valence-corrected chi connectivity index (χ0v) is 13.9. The molecule has 5 heteroatoms. The second-order valence-corrected chi connectivity index (χ2v) is 7.06. The van der Waals surface area contributed by atoms with E-state index in [2.05, 4.69) is 0 Å². The van der Waals surface area contributed by atoms with Crippen molar-refractivity contribution in [3.8, 4) is 5.75 Å². The summed E-state index contributed by atoms with van der Waals surface area (Å²) in [5, 5.41) is 10.7. The number of carbonyl (C=O) groups excluding carboxylic acids is 1. The number of rotatable bonds is 3. The van der Waals surface area contributed by atoms with Gasteiger partial charge in [0.2, 0.25) is 0 Å². The Kier molecular flexibility index (Phi) is 4.38. The highest BCUT2D eigenvalue weighted by Crippen LogP contribution is 2.34. The summed E-state index contributed by atoms with van der Waals surface area (Å²) in [7, 11) is 0. The van der Waals surface area contributed by atoms with Crippen LogP contribution in [-0.2, 0) is 10.3 Å². The average Bonchev–Trinajstić information content (AvgIpc) is 2.32. The first-order chi connectivity index (χ1) is 10.1. The highest BCUT2D eigenvalue weighted by molar-refractivity contribution is 5.70. The molecule has 2 rings (SSSR count). The van der Waals surface area contributed by atoms with Crippen LogP contribution >= 0.6 is 0 Å². The lowest BCUT2D eigenvalue weighted by molar-refractivity contribution is -0.103. The fourth-order valence-electron chi connectivity index (χ4n) is 2.35. The topological polar surface area (TPSA) is 59.0 Å². The molecule has 0 atom stereocenters. The maximum Gasteiger partial charge on any atom is 0.410 e. The van der Waals surface area contributed by atoms with Gasteiger partial charge in [0.25, 0.3) is 0 Å². The van der Waals surface area contributed by atoms with Gasteiger partial charge in [-0.3, -0.25) is 0 Å². The first-order valence-corrected chi connectivity index (χ1v) is 7.57. The largest absolute Gasteiger partial charge is 0.491 e. The van der Waals surface area contributed by atoms with E-state index in [0.717, 1.165) is 11.3 Å². The van der Waals surface area contributed by atoms with E-state index < -0.39 is 17.3 Å². The standard InChI is InChI=1S/C17H25NO4/c1-12(2)21-14-8-6-7-13(9-14)17(20)10-18(11-17)15(19)22-16(3,4)5/h6-9,12,20H,10-11H2,1-5H3. The van der Waals surface area contributed by atoms with E-state index in [1.165, 1.54) is 4.90 Å². The van der Waals surface area contributed by atoms with Gasteiger partial charge in [-0.05, 0) is 52.3 Å². The van der Waals surface area contributed by atoms with Crippen LogP contribution in [0.3, 0.4) is 0 Å². The zero-order chi connectivity index (χ0) is 16.5. The first-order valence-electron chi connectivity index (χ1n) is 7.57. The molecule has 0 radical (unpaired) electrons. The first kappa shape index (κ1) is 16.6. The van der Waals surface area contributed by atoms with Gasteiger partial charge < -0.3 is 19.5 Å². The molecule has 0 unspecified atom stereocenters. The molecule has 1 amide bonds. The number of ether oxygens (including phenoxy) is 2. The van der Waals surface area contributed by atoms with Crippen molar-refractivity contribution < 1.29 is 19.4 Å². The Morgan fingerprint density at radius 3 is 2.50 bits per heavy atom. The smallest absolute Gasteiger partial charge is 0.410 e. The van der Waals surface area contributed by atoms with E-state index in [1.807, 2.05) is 58.9 Å². The average molecular weight is 307 g/mol. The maximum atomic E-state index is 11.9. The Hall–Kier alpha value is -1.75. The molecular formula is C17H25NO4. The van der Waals surface area contributed by atoms with Gasteiger partial charge in [0, 0.05) is 0 Å². The van der Waals surface area contributed by atoms with Crippen molar-refractivity contribution in [2.45, 2.75) is 51.9 Å². The number of likely N-dealkylation sites (tertiary alicyclic amines) is 1. The van der Waals surface area contributed by atoms with Crippen LogP contribution < -0.4 is 4.74 Å². The van der Waals surface area contributed by atoms with E-state index in [0.29, 0.717) is 0 Å². The predicted octanol–water partition coefficient (Wildman–Crippen LogP) is 2.91. The third-order valence-electron chi connectivity index (χ3n) is 3.30. The zero-order valence-electron chi connectivity index (χ0n) is 13.9. The Balaban J connectivity index is 2.02. The van der Waals surface area contributed by atoms with Crippen molar-refractivity contribution in [1.29, 1.82) is 0 Å². The van der Waals surface area contributed by atoms with Gasteiger partial charge in [-0.1, -0.05) is 12.1 Å². The second kappa shape index (κ2) is 5.80. The minimum atomic E-state index is -1.03. The molecule has 1 aromatic carbocycles. The van der Waals surface area contributed by atoms with Crippen LogP contribution in [0.25, 0.3) is 0 Å². The lowest BCUT2D eigenvalue weighted by Gasteiger charge is -2.46. The lowest BCUT2D eigenvalue weighted by atomic mass is 9.86. The molecule has 1 heterocycles. The number of benzene rings is 1. The molecule has 0 spiro atoms. The molecule has 22 heavy (non-hydrogen) atoms. The van der Waals surface area contributed by atoms with E-state index in [1.54, 1.807) is 0 Å². The van der Waals surface area contributed by atoms with Gasteiger partial charge in [-0.15, -0.1) is 0 Å². The number of hydrogen-bond donors (Lipinski definition) is 1. The van der Waals surface area contributed by atoms with Crippen molar-refractivity contribution in [2.24, 2.45) is 0 Å². The summed E-state index contributed by atoms with van der Waals surface area (Å²) >= 11 is 0. The Morgan fingerprint density at radius 1 is 1.32 bits per heavy atom. The van der Waals surface area contributed by atoms with E-state index in [-0.39, 0.29) is 19.2 Å². The van der Waals surface area contributed by atoms with Crippen LogP contribution in [-0.4, -0.2) is 40.9 Å². The van der Waals surface area contributed by atoms with Crippen molar-refractivity contribution in [2.75, 3.05) is 13.1 Å². The van der Waals surface area contributed by atoms with Crippen LogP contribution in [0.2, 0.25) is 0 Å². The minimum Gasteiger partial charge on any atom is -0.491 e. The van der Waals surface area contributed by atoms with E-state index in [4.69, 9.17) is 9.47 Å². The Bertz CT molecular complexity index is 542. The van der Waals surface area contributed by atoms with Gasteiger partial charge >= 0.3 is 6.09 Å². The number of amides is 1. The van der Waals surface area contributed by atoms with Crippen molar-refractivity contribution >= 4 is 6.09 Å². The lowest BCUT2D eigenvalue weighted by Crippen LogP contribution is -2.61. The van der Waals surface area contributed by atoms with Gasteiger partial charge in [0.15, 0.2) is 0 Å². The summed E-state index contributed by atoms with van der Waals surface area (Å²) in [5.74, 6) is 0.719. The van der Waals surface area contributed by atoms with Crippen LogP contribution in [0.4, 0.5) is 4.79 Å². The molecule has 0 aliphatic carbocycles. The molecule has 1 N–H and O–H groups in total. The molecule has 0 bridgehead atoms. The van der Waals surface area contributed by atoms with Gasteiger partial charge in [0.05, 0.1) is 19.2 Å². The Labute approximate surface area is 131 Å². The highest BCUT2D eigenvalue weighted by atomic mass is 16.6. The third-order valence-corrected chi connectivity index (χ3v) is 3.30. The third kappa shape index (κ3) is 3.91. The van der Waals surface area contributed by atoms with Crippen LogP contribution in [0, 0.1) is 0 Å². The van der Waals surface area contributed by atoms with Crippen molar-refractivity contribution in [1.82, 2.24) is 4.90 Å². The SMILES string of the molecule is CC(C)Oc1cccc(C2(O)CN(C(=O)OC(C)(C)C)C2)c1. The molecule has 0 saturated carbocycles. The van der Waals surface area contributed by atoms with Crippen molar-refractivity contribution in [3.05, 3.63) is 29.8 Å². The molecule has 1 fully saturated rings. The molecule has 1 aliphatic heterocycles. The number of aliphatic hydroxyl groups is 1. The maximum absolute atomic E-state index is 11.9. The van der Waals surface area contributed by atoms with E-state index in [9.17, 15) is 9.90 Å². The summed E-state index contributed by atoms with van der Waals surface area (Å²) in [4.78, 5) is 13.4. The molecule has 1 aliphatic rings. The minimum absolute atomic E-state index is 0.0737. The molecule has 1 aromatic rings. The second-order valence-electron chi connectivity index (χ2n) is 7.06. The summed E-state index contributed by atoms with van der Waals surface area (Å²) in [6.07, 6.45) is -0.323. The summed E-state index contributed by atoms with van der Waals surface area (Å²) in [5.41, 5.74) is -0.811. The van der Waals surface area contributed by atoms with E-state index >= 15 is 0 Å². The molecule has 0 aromatic heterocycles.